The van der Waals surface area contributed by atoms with Crippen LogP contribution < -0.4 is 0 Å². The highest BCUT2D eigenvalue weighted by Gasteiger charge is 2.22. The summed E-state index contributed by atoms with van der Waals surface area (Å²) in [5.41, 5.74) is 1.41. The summed E-state index contributed by atoms with van der Waals surface area (Å²) in [6, 6.07) is 11.4. The minimum atomic E-state index is 0.732. The van der Waals surface area contributed by atoms with E-state index in [4.69, 9.17) is 4.79 Å². The molecule has 1 atom stereocenters. The SMILES string of the molecule is CC.CC=O.CN1CCC(N(C)Cc2ccccc2)C1. The number of hydrogen-bond acceptors (Lipinski definition) is 3. The number of rotatable bonds is 3. The molecule has 1 aliphatic heterocycles. The number of carbonyl (C=O) groups excluding carboxylic acids is 1. The van der Waals surface area contributed by atoms with E-state index in [1.807, 2.05) is 13.8 Å². The normalized spacial score (nSPS) is 17.8. The molecule has 20 heavy (non-hydrogen) atoms. The van der Waals surface area contributed by atoms with Crippen LogP contribution in [0.15, 0.2) is 30.3 Å². The van der Waals surface area contributed by atoms with Crippen molar-refractivity contribution >= 4 is 6.29 Å². The van der Waals surface area contributed by atoms with Crippen molar-refractivity contribution in [2.45, 2.75) is 39.8 Å². The summed E-state index contributed by atoms with van der Waals surface area (Å²) in [4.78, 5) is 13.7. The summed E-state index contributed by atoms with van der Waals surface area (Å²) in [5, 5.41) is 0. The number of benzene rings is 1. The van der Waals surface area contributed by atoms with E-state index in [1.165, 1.54) is 32.0 Å². The predicted octanol–water partition coefficient (Wildman–Crippen LogP) is 3.05. The van der Waals surface area contributed by atoms with Crippen molar-refractivity contribution in [3.63, 3.8) is 0 Å². The molecule has 3 heteroatoms. The Morgan fingerprint density at radius 1 is 1.30 bits per heavy atom. The highest BCUT2D eigenvalue weighted by molar-refractivity contribution is 5.44. The molecule has 0 aliphatic carbocycles. The molecule has 0 aromatic heterocycles. The van der Waals surface area contributed by atoms with Gasteiger partial charge < -0.3 is 9.69 Å². The molecule has 0 radical (unpaired) electrons. The van der Waals surface area contributed by atoms with Gasteiger partial charge >= 0.3 is 0 Å². The maximum Gasteiger partial charge on any atom is 0.116 e. The summed E-state index contributed by atoms with van der Waals surface area (Å²) < 4.78 is 0. The molecule has 1 unspecified atom stereocenters. The molecule has 2 rings (SSSR count). The second-order valence-electron chi connectivity index (χ2n) is 4.84. The fourth-order valence-corrected chi connectivity index (χ4v) is 2.27. The van der Waals surface area contributed by atoms with Crippen LogP contribution in [0.25, 0.3) is 0 Å². The molecule has 0 spiro atoms. The molecule has 0 bridgehead atoms. The van der Waals surface area contributed by atoms with Crippen LogP contribution in [0.2, 0.25) is 0 Å². The first-order valence-corrected chi connectivity index (χ1v) is 7.50. The van der Waals surface area contributed by atoms with Crippen LogP contribution in [-0.2, 0) is 11.3 Å². The van der Waals surface area contributed by atoms with Gasteiger partial charge in [-0.3, -0.25) is 4.90 Å². The fourth-order valence-electron chi connectivity index (χ4n) is 2.27. The number of carbonyl (C=O) groups is 1. The maximum atomic E-state index is 8.81. The van der Waals surface area contributed by atoms with Gasteiger partial charge in [-0.05, 0) is 39.5 Å². The Hall–Kier alpha value is -1.19. The van der Waals surface area contributed by atoms with E-state index in [9.17, 15) is 0 Å². The first kappa shape index (κ1) is 18.8. The van der Waals surface area contributed by atoms with Crippen LogP contribution in [0.5, 0.6) is 0 Å². The van der Waals surface area contributed by atoms with Gasteiger partial charge in [-0.1, -0.05) is 44.2 Å². The van der Waals surface area contributed by atoms with Gasteiger partial charge in [-0.25, -0.2) is 0 Å². The summed E-state index contributed by atoms with van der Waals surface area (Å²) in [5.74, 6) is 0. The topological polar surface area (TPSA) is 23.6 Å². The molecule has 1 aromatic carbocycles. The third kappa shape index (κ3) is 7.41. The number of hydrogen-bond donors (Lipinski definition) is 0. The highest BCUT2D eigenvalue weighted by atomic mass is 16.1. The average molecular weight is 278 g/mol. The largest absolute Gasteiger partial charge is 0.305 e. The van der Waals surface area contributed by atoms with Gasteiger partial charge in [-0.15, -0.1) is 0 Å². The second kappa shape index (κ2) is 11.6. The van der Waals surface area contributed by atoms with Crippen LogP contribution in [0.1, 0.15) is 32.8 Å². The summed E-state index contributed by atoms with van der Waals surface area (Å²) >= 11 is 0. The lowest BCUT2D eigenvalue weighted by molar-refractivity contribution is -0.106. The average Bonchev–Trinajstić information content (AvgIpc) is 2.90. The maximum absolute atomic E-state index is 8.81. The van der Waals surface area contributed by atoms with Crippen molar-refractivity contribution in [3.05, 3.63) is 35.9 Å². The van der Waals surface area contributed by atoms with Gasteiger partial charge in [-0.2, -0.15) is 0 Å². The highest BCUT2D eigenvalue weighted by Crippen LogP contribution is 2.14. The van der Waals surface area contributed by atoms with E-state index >= 15 is 0 Å². The Morgan fingerprint density at radius 3 is 2.30 bits per heavy atom. The Kier molecular flexibility index (Phi) is 10.9. The fraction of sp³-hybridized carbons (Fsp3) is 0.588. The van der Waals surface area contributed by atoms with Crippen molar-refractivity contribution in [1.29, 1.82) is 0 Å². The zero-order valence-corrected chi connectivity index (χ0v) is 13.7. The lowest BCUT2D eigenvalue weighted by Gasteiger charge is -2.24. The molecule has 0 saturated carbocycles. The minimum absolute atomic E-state index is 0.732. The van der Waals surface area contributed by atoms with E-state index in [2.05, 4.69) is 54.2 Å². The van der Waals surface area contributed by atoms with E-state index in [1.54, 1.807) is 0 Å². The molecule has 1 aromatic rings. The van der Waals surface area contributed by atoms with Gasteiger partial charge in [0, 0.05) is 19.1 Å². The summed E-state index contributed by atoms with van der Waals surface area (Å²) in [7, 11) is 4.44. The van der Waals surface area contributed by atoms with Gasteiger partial charge in [0.1, 0.15) is 6.29 Å². The zero-order chi connectivity index (χ0) is 15.4. The first-order valence-electron chi connectivity index (χ1n) is 7.50. The van der Waals surface area contributed by atoms with E-state index in [-0.39, 0.29) is 0 Å². The molecule has 3 nitrogen and oxygen atoms in total. The van der Waals surface area contributed by atoms with Crippen LogP contribution in [0.4, 0.5) is 0 Å². The third-order valence-corrected chi connectivity index (χ3v) is 3.26. The molecular formula is C17H30N2O. The Morgan fingerprint density at radius 2 is 1.85 bits per heavy atom. The predicted molar refractivity (Wildman–Crippen MR) is 86.9 cm³/mol. The van der Waals surface area contributed by atoms with Crippen LogP contribution in [-0.4, -0.2) is 49.3 Å². The van der Waals surface area contributed by atoms with E-state index in [0.717, 1.165) is 18.9 Å². The molecule has 1 fully saturated rings. The van der Waals surface area contributed by atoms with Crippen molar-refractivity contribution in [3.8, 4) is 0 Å². The van der Waals surface area contributed by atoms with Gasteiger partial charge in [0.25, 0.3) is 0 Å². The van der Waals surface area contributed by atoms with Crippen LogP contribution >= 0.6 is 0 Å². The zero-order valence-electron chi connectivity index (χ0n) is 13.7. The van der Waals surface area contributed by atoms with Crippen molar-refractivity contribution in [2.75, 3.05) is 27.2 Å². The molecule has 1 aliphatic rings. The summed E-state index contributed by atoms with van der Waals surface area (Å²) in [6.07, 6.45) is 2.06. The van der Waals surface area contributed by atoms with Gasteiger partial charge in [0.15, 0.2) is 0 Å². The molecular weight excluding hydrogens is 248 g/mol. The number of likely N-dealkylation sites (tertiary alicyclic amines) is 1. The number of nitrogens with zero attached hydrogens (tertiary/aromatic N) is 2. The molecule has 0 N–H and O–H groups in total. The third-order valence-electron chi connectivity index (χ3n) is 3.26. The van der Waals surface area contributed by atoms with Crippen molar-refractivity contribution in [1.82, 2.24) is 9.80 Å². The lowest BCUT2D eigenvalue weighted by Crippen LogP contribution is -2.33. The Bertz CT molecular complexity index is 340. The minimum Gasteiger partial charge on any atom is -0.305 e. The lowest BCUT2D eigenvalue weighted by atomic mass is 10.1. The van der Waals surface area contributed by atoms with Crippen LogP contribution in [0.3, 0.4) is 0 Å². The van der Waals surface area contributed by atoms with Crippen molar-refractivity contribution < 1.29 is 4.79 Å². The Balaban J connectivity index is 0.000000641. The summed E-state index contributed by atoms with van der Waals surface area (Å²) in [6.45, 7) is 8.96. The monoisotopic (exact) mass is 278 g/mol. The smallest absolute Gasteiger partial charge is 0.116 e. The van der Waals surface area contributed by atoms with Gasteiger partial charge in [0.2, 0.25) is 0 Å². The molecule has 1 heterocycles. The molecule has 1 saturated heterocycles. The van der Waals surface area contributed by atoms with E-state index < -0.39 is 0 Å². The quantitative estimate of drug-likeness (QED) is 0.794. The van der Waals surface area contributed by atoms with Crippen LogP contribution in [0, 0.1) is 0 Å². The Labute approximate surface area is 124 Å². The van der Waals surface area contributed by atoms with E-state index in [0.29, 0.717) is 0 Å². The molecule has 114 valence electrons. The number of aldehydes is 1. The number of likely N-dealkylation sites (N-methyl/N-ethyl adjacent to an activating group) is 2. The first-order chi connectivity index (χ1) is 9.67. The standard InChI is InChI=1S/C13H20N2.C2H4O.C2H6/c1-14-9-8-13(11-14)15(2)10-12-6-4-3-5-7-12;1-2-3;1-2/h3-7,13H,8-11H2,1-2H3;2H,1H3;1-2H3. The van der Waals surface area contributed by atoms with Crippen molar-refractivity contribution in [2.24, 2.45) is 0 Å². The van der Waals surface area contributed by atoms with Gasteiger partial charge in [0.05, 0.1) is 0 Å². The molecule has 0 amide bonds. The second-order valence-corrected chi connectivity index (χ2v) is 4.84.